The number of amides is 1. The largest absolute Gasteiger partial charge is 0.497 e. The summed E-state index contributed by atoms with van der Waals surface area (Å²) in [6, 6.07) is 18.7. The predicted octanol–water partition coefficient (Wildman–Crippen LogP) is 6.50. The van der Waals surface area contributed by atoms with E-state index in [0.29, 0.717) is 33.3 Å². The van der Waals surface area contributed by atoms with Crippen molar-refractivity contribution >= 4 is 40.9 Å². The highest BCUT2D eigenvalue weighted by Gasteiger charge is 2.17. The smallest absolute Gasteiger partial charge is 0.249 e. The molecular formula is C26H23Cl2N3O3S. The minimum atomic E-state index is -0.559. The van der Waals surface area contributed by atoms with Gasteiger partial charge in [-0.3, -0.25) is 4.79 Å². The van der Waals surface area contributed by atoms with Crippen LogP contribution in [0.5, 0.6) is 11.5 Å². The van der Waals surface area contributed by atoms with Crippen molar-refractivity contribution in [1.29, 1.82) is 0 Å². The van der Waals surface area contributed by atoms with Crippen LogP contribution in [0.15, 0.2) is 65.8 Å². The van der Waals surface area contributed by atoms with Gasteiger partial charge >= 0.3 is 0 Å². The lowest BCUT2D eigenvalue weighted by molar-refractivity contribution is 0.0999. The number of thioether (sulfide) groups is 1. The number of halogens is 2. The number of aromatic nitrogens is 2. The van der Waals surface area contributed by atoms with E-state index < -0.39 is 5.91 Å². The van der Waals surface area contributed by atoms with Crippen LogP contribution in [0.25, 0.3) is 22.5 Å². The fourth-order valence-corrected chi connectivity index (χ4v) is 5.09. The van der Waals surface area contributed by atoms with Gasteiger partial charge in [-0.2, -0.15) is 0 Å². The fourth-order valence-electron chi connectivity index (χ4n) is 3.67. The van der Waals surface area contributed by atoms with Crippen molar-refractivity contribution in [3.8, 4) is 34.0 Å². The summed E-state index contributed by atoms with van der Waals surface area (Å²) in [6.45, 7) is 0. The number of carbonyl (C=O) groups excluding carboxylic acids is 1. The number of ether oxygens (including phenoxy) is 2. The van der Waals surface area contributed by atoms with Crippen molar-refractivity contribution in [2.45, 2.75) is 11.6 Å². The molecule has 4 aromatic rings. The fraction of sp³-hybridized carbons (Fsp3) is 0.154. The first-order valence-corrected chi connectivity index (χ1v) is 12.4. The predicted molar refractivity (Wildman–Crippen MR) is 142 cm³/mol. The van der Waals surface area contributed by atoms with Gasteiger partial charge in [-0.05, 0) is 72.6 Å². The van der Waals surface area contributed by atoms with Crippen LogP contribution in [0.3, 0.4) is 0 Å². The molecule has 0 fully saturated rings. The van der Waals surface area contributed by atoms with Gasteiger partial charge in [-0.1, -0.05) is 35.0 Å². The van der Waals surface area contributed by atoms with Crippen LogP contribution < -0.4 is 15.2 Å². The Kier molecular flexibility index (Phi) is 7.90. The molecule has 9 heteroatoms. The minimum absolute atomic E-state index is 0.334. The van der Waals surface area contributed by atoms with Crippen LogP contribution in [0.4, 0.5) is 0 Å². The van der Waals surface area contributed by atoms with E-state index in [1.54, 1.807) is 26.4 Å². The maximum Gasteiger partial charge on any atom is 0.249 e. The molecule has 35 heavy (non-hydrogen) atoms. The zero-order valence-electron chi connectivity index (χ0n) is 19.1. The summed E-state index contributed by atoms with van der Waals surface area (Å²) < 4.78 is 10.6. The lowest BCUT2D eigenvalue weighted by atomic mass is 10.0. The van der Waals surface area contributed by atoms with Gasteiger partial charge in [0.05, 0.1) is 25.6 Å². The molecule has 1 aromatic heterocycles. The normalized spacial score (nSPS) is 10.9. The second-order valence-electron chi connectivity index (χ2n) is 7.60. The number of nitrogens with zero attached hydrogens (tertiary/aromatic N) is 1. The van der Waals surface area contributed by atoms with Gasteiger partial charge in [0.25, 0.3) is 0 Å². The van der Waals surface area contributed by atoms with E-state index in [1.807, 2.05) is 48.5 Å². The Bertz CT molecular complexity index is 1270. The van der Waals surface area contributed by atoms with Crippen molar-refractivity contribution in [2.24, 2.45) is 5.73 Å². The molecule has 0 aliphatic carbocycles. The number of methoxy groups -OCH3 is 2. The van der Waals surface area contributed by atoms with E-state index >= 15 is 0 Å². The van der Waals surface area contributed by atoms with Crippen molar-refractivity contribution in [2.75, 3.05) is 20.0 Å². The lowest BCUT2D eigenvalue weighted by Crippen LogP contribution is -2.14. The maximum absolute atomic E-state index is 11.9. The third-order valence-electron chi connectivity index (χ3n) is 5.44. The molecular weight excluding hydrogens is 505 g/mol. The SMILES string of the molecule is COc1ccc(-c2nc(SCCc3c(Cl)cc(Cl)cc3C(N)=O)[nH]c2-c2ccc(OC)cc2)cc1. The Balaban J connectivity index is 1.62. The standard InChI is InChI=1S/C26H23Cl2N3O3S/c1-33-18-7-3-15(4-8-18)23-24(16-5-9-19(34-2)10-6-16)31-26(30-23)35-12-11-20-21(25(29)32)13-17(27)14-22(20)28/h3-10,13-14H,11-12H2,1-2H3,(H2,29,32)(H,30,31). The monoisotopic (exact) mass is 527 g/mol. The molecule has 0 aliphatic rings. The van der Waals surface area contributed by atoms with Crippen LogP contribution in [0.2, 0.25) is 10.0 Å². The third-order valence-corrected chi connectivity index (χ3v) is 6.87. The van der Waals surface area contributed by atoms with Gasteiger partial charge in [-0.15, -0.1) is 0 Å². The highest BCUT2D eigenvalue weighted by atomic mass is 35.5. The molecule has 0 radical (unpaired) electrons. The van der Waals surface area contributed by atoms with Crippen molar-refractivity contribution in [3.05, 3.63) is 81.8 Å². The zero-order valence-corrected chi connectivity index (χ0v) is 21.4. The number of carbonyl (C=O) groups is 1. The Morgan fingerprint density at radius 1 is 0.971 bits per heavy atom. The van der Waals surface area contributed by atoms with Gasteiger partial charge < -0.3 is 20.2 Å². The topological polar surface area (TPSA) is 90.2 Å². The first-order chi connectivity index (χ1) is 16.9. The number of benzene rings is 3. The molecule has 1 heterocycles. The molecule has 0 saturated heterocycles. The van der Waals surface area contributed by atoms with Crippen LogP contribution in [-0.4, -0.2) is 35.8 Å². The van der Waals surface area contributed by atoms with E-state index in [1.165, 1.54) is 11.8 Å². The second-order valence-corrected chi connectivity index (χ2v) is 9.53. The summed E-state index contributed by atoms with van der Waals surface area (Å²) in [5.41, 5.74) is 10.2. The highest BCUT2D eigenvalue weighted by molar-refractivity contribution is 7.99. The van der Waals surface area contributed by atoms with Gasteiger partial charge in [0.15, 0.2) is 5.16 Å². The molecule has 0 unspecified atom stereocenters. The number of hydrogen-bond donors (Lipinski definition) is 2. The molecule has 0 spiro atoms. The van der Waals surface area contributed by atoms with E-state index in [2.05, 4.69) is 4.98 Å². The molecule has 0 saturated carbocycles. The third kappa shape index (κ3) is 5.75. The van der Waals surface area contributed by atoms with E-state index in [9.17, 15) is 4.79 Å². The van der Waals surface area contributed by atoms with E-state index in [0.717, 1.165) is 39.2 Å². The zero-order chi connectivity index (χ0) is 24.9. The number of nitrogens with one attached hydrogen (secondary N) is 1. The minimum Gasteiger partial charge on any atom is -0.497 e. The first-order valence-electron chi connectivity index (χ1n) is 10.7. The summed E-state index contributed by atoms with van der Waals surface area (Å²) in [5.74, 6) is 1.61. The van der Waals surface area contributed by atoms with E-state index in [4.69, 9.17) is 43.4 Å². The van der Waals surface area contributed by atoms with Crippen LogP contribution >= 0.6 is 35.0 Å². The van der Waals surface area contributed by atoms with Crippen molar-refractivity contribution in [3.63, 3.8) is 0 Å². The Labute approximate surface area is 217 Å². The molecule has 4 rings (SSSR count). The molecule has 3 aromatic carbocycles. The van der Waals surface area contributed by atoms with E-state index in [-0.39, 0.29) is 0 Å². The number of nitrogens with two attached hydrogens (primary N) is 1. The average Bonchev–Trinajstić information content (AvgIpc) is 3.29. The second kappa shape index (κ2) is 11.1. The molecule has 3 N–H and O–H groups in total. The number of rotatable bonds is 9. The van der Waals surface area contributed by atoms with Gasteiger partial charge in [0.1, 0.15) is 11.5 Å². The van der Waals surface area contributed by atoms with Gasteiger partial charge in [-0.25, -0.2) is 4.98 Å². The summed E-state index contributed by atoms with van der Waals surface area (Å²) in [7, 11) is 3.27. The Morgan fingerprint density at radius 2 is 1.57 bits per heavy atom. The highest BCUT2D eigenvalue weighted by Crippen LogP contribution is 2.35. The Morgan fingerprint density at radius 3 is 2.14 bits per heavy atom. The van der Waals surface area contributed by atoms with Crippen LogP contribution in [0.1, 0.15) is 15.9 Å². The quantitative estimate of drug-likeness (QED) is 0.242. The molecule has 0 atom stereocenters. The maximum atomic E-state index is 11.9. The first kappa shape index (κ1) is 25.0. The summed E-state index contributed by atoms with van der Waals surface area (Å²) in [4.78, 5) is 20.2. The van der Waals surface area contributed by atoms with Crippen LogP contribution in [-0.2, 0) is 6.42 Å². The number of primary amides is 1. The summed E-state index contributed by atoms with van der Waals surface area (Å²) in [5, 5.41) is 1.54. The molecule has 180 valence electrons. The number of aromatic amines is 1. The molecule has 0 bridgehead atoms. The van der Waals surface area contributed by atoms with Crippen molar-refractivity contribution < 1.29 is 14.3 Å². The number of H-pyrrole nitrogens is 1. The number of imidazole rings is 1. The molecule has 0 aliphatic heterocycles. The summed E-state index contributed by atoms with van der Waals surface area (Å²) >= 11 is 13.9. The molecule has 1 amide bonds. The van der Waals surface area contributed by atoms with Crippen LogP contribution in [0, 0.1) is 0 Å². The van der Waals surface area contributed by atoms with Gasteiger partial charge in [0, 0.05) is 32.5 Å². The average molecular weight is 528 g/mol. The van der Waals surface area contributed by atoms with Crippen molar-refractivity contribution in [1.82, 2.24) is 9.97 Å². The Hall–Kier alpha value is -3.13. The summed E-state index contributed by atoms with van der Waals surface area (Å²) in [6.07, 6.45) is 0.523. The molecule has 6 nitrogen and oxygen atoms in total. The number of hydrogen-bond acceptors (Lipinski definition) is 5. The van der Waals surface area contributed by atoms with Gasteiger partial charge in [0.2, 0.25) is 5.91 Å². The lowest BCUT2D eigenvalue weighted by Gasteiger charge is -2.09.